The third-order valence-electron chi connectivity index (χ3n) is 5.74. The summed E-state index contributed by atoms with van der Waals surface area (Å²) in [6, 6.07) is 22.2. The van der Waals surface area contributed by atoms with Gasteiger partial charge in [0.1, 0.15) is 11.5 Å². The van der Waals surface area contributed by atoms with Crippen molar-refractivity contribution >= 4 is 28.9 Å². The molecule has 8 heteroatoms. The minimum Gasteiger partial charge on any atom is -0.507 e. The van der Waals surface area contributed by atoms with Crippen LogP contribution in [0.15, 0.2) is 84.0 Å². The van der Waals surface area contributed by atoms with Crippen LogP contribution in [0.4, 0.5) is 0 Å². The zero-order valence-corrected chi connectivity index (χ0v) is 21.1. The fourth-order valence-electron chi connectivity index (χ4n) is 3.67. The number of carbonyl (C=O) groups is 2. The van der Waals surface area contributed by atoms with E-state index in [9.17, 15) is 14.7 Å². The highest BCUT2D eigenvalue weighted by Gasteiger charge is 2.14. The molecule has 0 spiro atoms. The Bertz CT molecular complexity index is 1460. The number of ether oxygens (including phenoxy) is 3. The SMILES string of the molecule is CCCCOc1ccc(C(=O)Oc2ccc(/C=N\NC(=O)c3cc4ccccc4cc3O)cc2OC)cc1. The highest BCUT2D eigenvalue weighted by Crippen LogP contribution is 2.29. The molecular formula is C30H28N2O6. The van der Waals surface area contributed by atoms with E-state index in [1.807, 2.05) is 24.3 Å². The largest absolute Gasteiger partial charge is 0.507 e. The maximum atomic E-state index is 12.6. The lowest BCUT2D eigenvalue weighted by Gasteiger charge is -2.10. The number of rotatable bonds is 10. The fourth-order valence-corrected chi connectivity index (χ4v) is 3.67. The van der Waals surface area contributed by atoms with Gasteiger partial charge in [0.05, 0.1) is 31.1 Å². The average Bonchev–Trinajstić information content (AvgIpc) is 2.93. The van der Waals surface area contributed by atoms with Gasteiger partial charge in [0.2, 0.25) is 0 Å². The number of phenols is 1. The van der Waals surface area contributed by atoms with Crippen molar-refractivity contribution in [3.63, 3.8) is 0 Å². The Hall–Kier alpha value is -4.85. The third-order valence-corrected chi connectivity index (χ3v) is 5.74. The molecule has 0 fully saturated rings. The van der Waals surface area contributed by atoms with Crippen LogP contribution in [0, 0.1) is 0 Å². The second kappa shape index (κ2) is 12.4. The first-order chi connectivity index (χ1) is 18.5. The number of hydrogen-bond donors (Lipinski definition) is 2. The lowest BCUT2D eigenvalue weighted by Crippen LogP contribution is -2.17. The first-order valence-corrected chi connectivity index (χ1v) is 12.2. The summed E-state index contributed by atoms with van der Waals surface area (Å²) < 4.78 is 16.5. The van der Waals surface area contributed by atoms with Gasteiger partial charge in [-0.25, -0.2) is 10.2 Å². The van der Waals surface area contributed by atoms with Gasteiger partial charge in [-0.3, -0.25) is 4.79 Å². The Morgan fingerprint density at radius 3 is 2.39 bits per heavy atom. The van der Waals surface area contributed by atoms with Gasteiger partial charge in [0, 0.05) is 0 Å². The molecule has 0 aliphatic carbocycles. The van der Waals surface area contributed by atoms with E-state index in [2.05, 4.69) is 17.5 Å². The quantitative estimate of drug-likeness (QED) is 0.0926. The Kier molecular flexibility index (Phi) is 8.56. The second-order valence-corrected chi connectivity index (χ2v) is 8.44. The molecular weight excluding hydrogens is 484 g/mol. The Morgan fingerprint density at radius 1 is 0.947 bits per heavy atom. The zero-order chi connectivity index (χ0) is 26.9. The molecule has 0 radical (unpaired) electrons. The lowest BCUT2D eigenvalue weighted by atomic mass is 10.1. The molecule has 4 aromatic carbocycles. The van der Waals surface area contributed by atoms with E-state index in [0.717, 1.165) is 23.6 Å². The minimum absolute atomic E-state index is 0.112. The van der Waals surface area contributed by atoms with Crippen molar-refractivity contribution in [2.75, 3.05) is 13.7 Å². The standard InChI is InChI=1S/C30H28N2O6/c1-3-4-15-37-24-12-10-21(11-13-24)30(35)38-27-14-9-20(16-28(27)36-2)19-31-32-29(34)25-17-22-7-5-6-8-23(22)18-26(25)33/h5-14,16-19,33H,3-4,15H2,1-2H3,(H,32,34)/b31-19-. The van der Waals surface area contributed by atoms with Gasteiger partial charge in [0.15, 0.2) is 11.5 Å². The minimum atomic E-state index is -0.552. The molecule has 0 bridgehead atoms. The number of methoxy groups -OCH3 is 1. The van der Waals surface area contributed by atoms with Crippen LogP contribution in [-0.4, -0.2) is 36.9 Å². The summed E-state index contributed by atoms with van der Waals surface area (Å²) in [5, 5.41) is 15.9. The number of hydrogen-bond acceptors (Lipinski definition) is 7. The molecule has 8 nitrogen and oxygen atoms in total. The first kappa shape index (κ1) is 26.2. The molecule has 0 aliphatic rings. The maximum absolute atomic E-state index is 12.6. The van der Waals surface area contributed by atoms with Crippen LogP contribution in [-0.2, 0) is 0 Å². The average molecular weight is 513 g/mol. The Balaban J connectivity index is 1.39. The topological polar surface area (TPSA) is 106 Å². The number of esters is 1. The van der Waals surface area contributed by atoms with Crippen molar-refractivity contribution < 1.29 is 28.9 Å². The van der Waals surface area contributed by atoms with E-state index in [1.165, 1.54) is 19.4 Å². The molecule has 38 heavy (non-hydrogen) atoms. The van der Waals surface area contributed by atoms with Gasteiger partial charge in [-0.1, -0.05) is 37.6 Å². The number of fused-ring (bicyclic) bond motifs is 1. The molecule has 0 heterocycles. The maximum Gasteiger partial charge on any atom is 0.343 e. The van der Waals surface area contributed by atoms with E-state index < -0.39 is 11.9 Å². The summed E-state index contributed by atoms with van der Waals surface area (Å²) >= 11 is 0. The van der Waals surface area contributed by atoms with Crippen molar-refractivity contribution in [2.45, 2.75) is 19.8 Å². The van der Waals surface area contributed by atoms with E-state index in [-0.39, 0.29) is 17.1 Å². The van der Waals surface area contributed by atoms with Gasteiger partial charge in [-0.15, -0.1) is 0 Å². The van der Waals surface area contributed by atoms with Crippen molar-refractivity contribution in [1.82, 2.24) is 5.43 Å². The number of hydrazone groups is 1. The highest BCUT2D eigenvalue weighted by atomic mass is 16.6. The van der Waals surface area contributed by atoms with Crippen LogP contribution in [0.3, 0.4) is 0 Å². The van der Waals surface area contributed by atoms with Gasteiger partial charge in [-0.05, 0) is 77.4 Å². The molecule has 0 aliphatic heterocycles. The molecule has 0 atom stereocenters. The first-order valence-electron chi connectivity index (χ1n) is 12.2. The molecule has 0 saturated carbocycles. The molecule has 0 saturated heterocycles. The summed E-state index contributed by atoms with van der Waals surface area (Å²) in [6.45, 7) is 2.72. The van der Waals surface area contributed by atoms with Crippen LogP contribution < -0.4 is 19.6 Å². The molecule has 0 unspecified atom stereocenters. The molecule has 194 valence electrons. The Labute approximate surface area is 220 Å². The van der Waals surface area contributed by atoms with Crippen LogP contribution in [0.5, 0.6) is 23.0 Å². The number of unbranched alkanes of at least 4 members (excludes halogenated alkanes) is 1. The summed E-state index contributed by atoms with van der Waals surface area (Å²) in [5.74, 6) is 0.0291. The Morgan fingerprint density at radius 2 is 1.68 bits per heavy atom. The van der Waals surface area contributed by atoms with E-state index in [0.29, 0.717) is 29.2 Å². The van der Waals surface area contributed by atoms with Crippen molar-refractivity contribution in [1.29, 1.82) is 0 Å². The van der Waals surface area contributed by atoms with Gasteiger partial charge >= 0.3 is 5.97 Å². The van der Waals surface area contributed by atoms with Crippen molar-refractivity contribution in [3.8, 4) is 23.0 Å². The summed E-state index contributed by atoms with van der Waals surface area (Å²) in [7, 11) is 1.46. The van der Waals surface area contributed by atoms with Crippen LogP contribution >= 0.6 is 0 Å². The number of phenolic OH excluding ortho intramolecular Hbond substituents is 1. The number of carbonyl (C=O) groups excluding carboxylic acids is 2. The predicted octanol–water partition coefficient (Wildman–Crippen LogP) is 5.72. The van der Waals surface area contributed by atoms with Crippen molar-refractivity contribution in [3.05, 3.63) is 95.6 Å². The smallest absolute Gasteiger partial charge is 0.343 e. The van der Waals surface area contributed by atoms with Crippen LogP contribution in [0.1, 0.15) is 46.0 Å². The lowest BCUT2D eigenvalue weighted by molar-refractivity contribution is 0.0729. The summed E-state index contributed by atoms with van der Waals surface area (Å²) in [6.07, 6.45) is 3.42. The zero-order valence-electron chi connectivity index (χ0n) is 21.1. The number of benzene rings is 4. The number of aromatic hydroxyl groups is 1. The third kappa shape index (κ3) is 6.47. The number of nitrogens with one attached hydrogen (secondary N) is 1. The monoisotopic (exact) mass is 512 g/mol. The summed E-state index contributed by atoms with van der Waals surface area (Å²) in [5.41, 5.74) is 3.50. The van der Waals surface area contributed by atoms with Crippen molar-refractivity contribution in [2.24, 2.45) is 5.10 Å². The second-order valence-electron chi connectivity index (χ2n) is 8.44. The van der Waals surface area contributed by atoms with Gasteiger partial charge < -0.3 is 19.3 Å². The van der Waals surface area contributed by atoms with Crippen LogP contribution in [0.2, 0.25) is 0 Å². The molecule has 0 aromatic heterocycles. The molecule has 4 aromatic rings. The number of amides is 1. The van der Waals surface area contributed by atoms with Crippen LogP contribution in [0.25, 0.3) is 10.8 Å². The predicted molar refractivity (Wildman–Crippen MR) is 145 cm³/mol. The number of nitrogens with zero attached hydrogens (tertiary/aromatic N) is 1. The fraction of sp³-hybridized carbons (Fsp3) is 0.167. The highest BCUT2D eigenvalue weighted by molar-refractivity contribution is 6.01. The van der Waals surface area contributed by atoms with Gasteiger partial charge in [-0.2, -0.15) is 5.10 Å². The van der Waals surface area contributed by atoms with Gasteiger partial charge in [0.25, 0.3) is 5.91 Å². The molecule has 2 N–H and O–H groups in total. The molecule has 1 amide bonds. The van der Waals surface area contributed by atoms with E-state index in [4.69, 9.17) is 14.2 Å². The van der Waals surface area contributed by atoms with E-state index >= 15 is 0 Å². The van der Waals surface area contributed by atoms with E-state index in [1.54, 1.807) is 48.5 Å². The molecule has 4 rings (SSSR count). The summed E-state index contributed by atoms with van der Waals surface area (Å²) in [4.78, 5) is 25.2. The normalized spacial score (nSPS) is 10.9.